The molecule has 24 heavy (non-hydrogen) atoms. The van der Waals surface area contributed by atoms with Crippen LogP contribution < -0.4 is 10.1 Å². The maximum Gasteiger partial charge on any atom is 0.310 e. The molecule has 132 valence electrons. The Kier molecular flexibility index (Phi) is 5.52. The number of ether oxygens (including phenoxy) is 1. The van der Waals surface area contributed by atoms with E-state index in [0.29, 0.717) is 26.0 Å². The van der Waals surface area contributed by atoms with Crippen molar-refractivity contribution in [2.45, 2.75) is 51.9 Å². The summed E-state index contributed by atoms with van der Waals surface area (Å²) >= 11 is 0. The third-order valence-corrected chi connectivity index (χ3v) is 4.64. The van der Waals surface area contributed by atoms with Crippen LogP contribution in [0.15, 0.2) is 24.3 Å². The molecule has 1 amide bonds. The number of carboxylic acid groups (broad SMARTS) is 1. The van der Waals surface area contributed by atoms with Gasteiger partial charge >= 0.3 is 5.97 Å². The minimum atomic E-state index is -0.862. The second-order valence-electron chi connectivity index (χ2n) is 7.56. The number of para-hydroxylation sites is 1. The highest BCUT2D eigenvalue weighted by Gasteiger charge is 2.45. The highest BCUT2D eigenvalue weighted by molar-refractivity contribution is 5.85. The summed E-state index contributed by atoms with van der Waals surface area (Å²) in [5.74, 6) is -0.260. The maximum absolute atomic E-state index is 12.0. The van der Waals surface area contributed by atoms with Crippen molar-refractivity contribution in [1.29, 1.82) is 0 Å². The molecule has 0 saturated heterocycles. The second kappa shape index (κ2) is 7.24. The molecule has 0 radical (unpaired) electrons. The van der Waals surface area contributed by atoms with Crippen LogP contribution >= 0.6 is 0 Å². The van der Waals surface area contributed by atoms with E-state index in [4.69, 9.17) is 4.74 Å². The van der Waals surface area contributed by atoms with Crippen molar-refractivity contribution in [2.75, 3.05) is 13.2 Å². The van der Waals surface area contributed by atoms with Gasteiger partial charge in [-0.05, 0) is 29.9 Å². The summed E-state index contributed by atoms with van der Waals surface area (Å²) in [5, 5.41) is 12.0. The van der Waals surface area contributed by atoms with Crippen molar-refractivity contribution in [2.24, 2.45) is 5.41 Å². The third-order valence-electron chi connectivity index (χ3n) is 4.64. The minimum absolute atomic E-state index is 0.0159. The summed E-state index contributed by atoms with van der Waals surface area (Å²) in [5.41, 5.74) is 0.262. The predicted octanol–water partition coefficient (Wildman–Crippen LogP) is 3.12. The fraction of sp³-hybridized carbons (Fsp3) is 0.579. The molecule has 1 aromatic carbocycles. The number of carbonyl (C=O) groups excluding carboxylic acids is 1. The first-order chi connectivity index (χ1) is 11.2. The van der Waals surface area contributed by atoms with E-state index in [0.717, 1.165) is 17.7 Å². The van der Waals surface area contributed by atoms with Crippen LogP contribution in [0.1, 0.15) is 52.0 Å². The smallest absolute Gasteiger partial charge is 0.310 e. The molecule has 0 atom stereocenters. The van der Waals surface area contributed by atoms with E-state index in [1.807, 2.05) is 24.3 Å². The van der Waals surface area contributed by atoms with Crippen molar-refractivity contribution in [3.63, 3.8) is 0 Å². The first-order valence-electron chi connectivity index (χ1n) is 8.47. The standard InChI is InChI=1S/C19H27NO4/c1-18(2,3)14-7-4-5-8-15(14)24-12-11-20-16(21)13-19(17(22)23)9-6-10-19/h4-5,7-8H,6,9-13H2,1-3H3,(H,20,21)(H,22,23). The molecule has 0 bridgehead atoms. The van der Waals surface area contributed by atoms with E-state index in [2.05, 4.69) is 26.1 Å². The molecule has 0 unspecified atom stereocenters. The normalized spacial score (nSPS) is 16.1. The Morgan fingerprint density at radius 1 is 1.25 bits per heavy atom. The molecule has 1 saturated carbocycles. The SMILES string of the molecule is CC(C)(C)c1ccccc1OCCNC(=O)CC1(C(=O)O)CCC1. The summed E-state index contributed by atoms with van der Waals surface area (Å²) in [6, 6.07) is 7.88. The summed E-state index contributed by atoms with van der Waals surface area (Å²) in [4.78, 5) is 23.2. The predicted molar refractivity (Wildman–Crippen MR) is 92.2 cm³/mol. The van der Waals surface area contributed by atoms with Gasteiger partial charge in [-0.1, -0.05) is 45.4 Å². The van der Waals surface area contributed by atoms with Gasteiger partial charge in [0.05, 0.1) is 12.0 Å². The highest BCUT2D eigenvalue weighted by Crippen LogP contribution is 2.44. The number of carboxylic acids is 1. The fourth-order valence-electron chi connectivity index (χ4n) is 3.00. The lowest BCUT2D eigenvalue weighted by Gasteiger charge is -2.36. The topological polar surface area (TPSA) is 75.6 Å². The van der Waals surface area contributed by atoms with Crippen LogP contribution in [0.4, 0.5) is 0 Å². The number of rotatable bonds is 7. The van der Waals surface area contributed by atoms with Crippen LogP contribution in [-0.2, 0) is 15.0 Å². The largest absolute Gasteiger partial charge is 0.491 e. The van der Waals surface area contributed by atoms with Gasteiger partial charge in [-0.2, -0.15) is 0 Å². The zero-order chi connectivity index (χ0) is 17.8. The number of hydrogen-bond acceptors (Lipinski definition) is 3. The monoisotopic (exact) mass is 333 g/mol. The van der Waals surface area contributed by atoms with Crippen LogP contribution in [0.3, 0.4) is 0 Å². The quantitative estimate of drug-likeness (QED) is 0.752. The molecule has 5 nitrogen and oxygen atoms in total. The molecule has 1 aliphatic rings. The molecule has 0 heterocycles. The highest BCUT2D eigenvalue weighted by atomic mass is 16.5. The van der Waals surface area contributed by atoms with Gasteiger partial charge in [-0.25, -0.2) is 0 Å². The number of carbonyl (C=O) groups is 2. The number of amides is 1. The van der Waals surface area contributed by atoms with Gasteiger partial charge in [0.2, 0.25) is 5.91 Å². The summed E-state index contributed by atoms with van der Waals surface area (Å²) in [6.07, 6.45) is 2.11. The fourth-order valence-corrected chi connectivity index (χ4v) is 3.00. The van der Waals surface area contributed by atoms with Gasteiger partial charge in [-0.15, -0.1) is 0 Å². The lowest BCUT2D eigenvalue weighted by molar-refractivity contribution is -0.157. The van der Waals surface area contributed by atoms with Crippen LogP contribution in [0.5, 0.6) is 5.75 Å². The van der Waals surface area contributed by atoms with Crippen molar-refractivity contribution in [1.82, 2.24) is 5.32 Å². The molecule has 1 fully saturated rings. The number of benzene rings is 1. The van der Waals surface area contributed by atoms with E-state index >= 15 is 0 Å². The first-order valence-corrected chi connectivity index (χ1v) is 8.47. The molecular formula is C19H27NO4. The zero-order valence-electron chi connectivity index (χ0n) is 14.7. The average Bonchev–Trinajstić information content (AvgIpc) is 2.46. The second-order valence-corrected chi connectivity index (χ2v) is 7.56. The molecule has 1 aromatic rings. The molecule has 2 N–H and O–H groups in total. The van der Waals surface area contributed by atoms with Crippen LogP contribution in [0.2, 0.25) is 0 Å². The number of hydrogen-bond donors (Lipinski definition) is 2. The Labute approximate surface area is 143 Å². The van der Waals surface area contributed by atoms with Gasteiger partial charge < -0.3 is 15.2 Å². The molecule has 1 aliphatic carbocycles. The van der Waals surface area contributed by atoms with Crippen LogP contribution in [0, 0.1) is 5.41 Å². The van der Waals surface area contributed by atoms with Crippen LogP contribution in [0.25, 0.3) is 0 Å². The summed E-state index contributed by atoms with van der Waals surface area (Å²) < 4.78 is 5.80. The Morgan fingerprint density at radius 2 is 1.92 bits per heavy atom. The van der Waals surface area contributed by atoms with Crippen molar-refractivity contribution < 1.29 is 19.4 Å². The minimum Gasteiger partial charge on any atom is -0.491 e. The molecule has 2 rings (SSSR count). The van der Waals surface area contributed by atoms with E-state index in [9.17, 15) is 14.7 Å². The Morgan fingerprint density at radius 3 is 2.46 bits per heavy atom. The molecule has 0 spiro atoms. The van der Waals surface area contributed by atoms with Crippen LogP contribution in [-0.4, -0.2) is 30.1 Å². The average molecular weight is 333 g/mol. The molecule has 0 aromatic heterocycles. The van der Waals surface area contributed by atoms with E-state index < -0.39 is 11.4 Å². The van der Waals surface area contributed by atoms with Gasteiger partial charge in [0, 0.05) is 6.42 Å². The molecule has 0 aliphatic heterocycles. The van der Waals surface area contributed by atoms with Gasteiger partial charge in [0.25, 0.3) is 0 Å². The Hall–Kier alpha value is -2.04. The maximum atomic E-state index is 12.0. The lowest BCUT2D eigenvalue weighted by Crippen LogP contribution is -2.43. The summed E-state index contributed by atoms with van der Waals surface area (Å²) in [6.45, 7) is 7.11. The van der Waals surface area contributed by atoms with E-state index in [-0.39, 0.29) is 17.7 Å². The van der Waals surface area contributed by atoms with Crippen molar-refractivity contribution >= 4 is 11.9 Å². The first kappa shape index (κ1) is 18.3. The zero-order valence-corrected chi connectivity index (χ0v) is 14.7. The number of nitrogens with one attached hydrogen (secondary N) is 1. The summed E-state index contributed by atoms with van der Waals surface area (Å²) in [7, 11) is 0. The molecule has 5 heteroatoms. The Bertz CT molecular complexity index is 600. The Balaban J connectivity index is 1.79. The number of aliphatic carboxylic acids is 1. The van der Waals surface area contributed by atoms with Gasteiger partial charge in [0.15, 0.2) is 0 Å². The lowest BCUT2D eigenvalue weighted by atomic mass is 9.66. The van der Waals surface area contributed by atoms with Gasteiger partial charge in [0.1, 0.15) is 12.4 Å². The third kappa shape index (κ3) is 4.28. The van der Waals surface area contributed by atoms with Crippen molar-refractivity contribution in [3.8, 4) is 5.75 Å². The van der Waals surface area contributed by atoms with Crippen molar-refractivity contribution in [3.05, 3.63) is 29.8 Å². The van der Waals surface area contributed by atoms with Gasteiger partial charge in [-0.3, -0.25) is 9.59 Å². The van der Waals surface area contributed by atoms with E-state index in [1.54, 1.807) is 0 Å². The molecular weight excluding hydrogens is 306 g/mol. The van der Waals surface area contributed by atoms with E-state index in [1.165, 1.54) is 0 Å².